The smallest absolute Gasteiger partial charge is 0.350 e. The lowest BCUT2D eigenvalue weighted by Gasteiger charge is -2.29. The molecule has 2 amide bonds. The van der Waals surface area contributed by atoms with Crippen molar-refractivity contribution in [1.29, 1.82) is 5.26 Å². The highest BCUT2D eigenvalue weighted by molar-refractivity contribution is 7.21. The van der Waals surface area contributed by atoms with Crippen molar-refractivity contribution in [3.05, 3.63) is 94.2 Å². The highest BCUT2D eigenvalue weighted by Gasteiger charge is 2.33. The van der Waals surface area contributed by atoms with Crippen LogP contribution in [0.4, 0.5) is 21.9 Å². The van der Waals surface area contributed by atoms with Crippen molar-refractivity contribution >= 4 is 50.6 Å². The lowest BCUT2D eigenvalue weighted by Crippen LogP contribution is -2.34. The summed E-state index contributed by atoms with van der Waals surface area (Å²) in [4.78, 5) is 32.5. The zero-order valence-corrected chi connectivity index (χ0v) is 23.1. The summed E-state index contributed by atoms with van der Waals surface area (Å²) in [5.41, 5.74) is 4.00. The molecule has 0 unspecified atom stereocenters. The number of nitriles is 1. The number of carbonyl (C=O) groups excluding carboxylic acids is 2. The van der Waals surface area contributed by atoms with Gasteiger partial charge in [-0.25, -0.2) is 14.6 Å². The Balaban J connectivity index is 1.23. The number of ether oxygens (including phenoxy) is 3. The molecule has 1 aliphatic heterocycles. The summed E-state index contributed by atoms with van der Waals surface area (Å²) in [6.45, 7) is 2.21. The van der Waals surface area contributed by atoms with Crippen LogP contribution in [0.2, 0.25) is 0 Å². The van der Waals surface area contributed by atoms with Gasteiger partial charge >= 0.3 is 12.0 Å². The van der Waals surface area contributed by atoms with Gasteiger partial charge < -0.3 is 19.5 Å². The van der Waals surface area contributed by atoms with Gasteiger partial charge in [0.1, 0.15) is 39.6 Å². The number of nitrogens with one attached hydrogen (secondary N) is 1. The second-order valence-corrected chi connectivity index (χ2v) is 10.4. The van der Waals surface area contributed by atoms with E-state index in [2.05, 4.69) is 16.4 Å². The number of amides is 2. The van der Waals surface area contributed by atoms with Gasteiger partial charge in [0.05, 0.1) is 35.1 Å². The summed E-state index contributed by atoms with van der Waals surface area (Å²) in [5.74, 6) is 1.33. The summed E-state index contributed by atoms with van der Waals surface area (Å²) in [6, 6.07) is 16.6. The third-order valence-corrected chi connectivity index (χ3v) is 7.86. The molecule has 0 radical (unpaired) electrons. The topological polar surface area (TPSA) is 114 Å². The molecule has 0 fully saturated rings. The molecule has 0 atom stereocenters. The van der Waals surface area contributed by atoms with Gasteiger partial charge in [0.2, 0.25) is 0 Å². The van der Waals surface area contributed by atoms with Crippen LogP contribution < -0.4 is 15.0 Å². The van der Waals surface area contributed by atoms with Gasteiger partial charge in [0.15, 0.2) is 0 Å². The predicted molar refractivity (Wildman–Crippen MR) is 156 cm³/mol. The number of thiophene rings is 1. The molecule has 1 N–H and O–H groups in total. The largest absolute Gasteiger partial charge is 0.488 e. The van der Waals surface area contributed by atoms with Crippen LogP contribution in [0.1, 0.15) is 33.6 Å². The maximum absolute atomic E-state index is 13.3. The fourth-order valence-corrected chi connectivity index (χ4v) is 5.93. The summed E-state index contributed by atoms with van der Waals surface area (Å²) < 4.78 is 16.9. The first-order valence-electron chi connectivity index (χ1n) is 12.9. The Morgan fingerprint density at radius 2 is 1.95 bits per heavy atom. The van der Waals surface area contributed by atoms with Gasteiger partial charge in [0.25, 0.3) is 0 Å². The van der Waals surface area contributed by atoms with Crippen molar-refractivity contribution < 1.29 is 23.8 Å². The van der Waals surface area contributed by atoms with E-state index < -0.39 is 5.97 Å². The van der Waals surface area contributed by atoms with E-state index in [-0.39, 0.29) is 6.03 Å². The number of pyridine rings is 1. The Morgan fingerprint density at radius 1 is 1.12 bits per heavy atom. The van der Waals surface area contributed by atoms with Crippen LogP contribution in [-0.4, -0.2) is 24.1 Å². The van der Waals surface area contributed by atoms with E-state index in [0.29, 0.717) is 61.6 Å². The highest BCUT2D eigenvalue weighted by atomic mass is 32.1. The Kier molecular flexibility index (Phi) is 6.87. The maximum atomic E-state index is 13.3. The Bertz CT molecular complexity index is 1820. The molecule has 4 aromatic rings. The highest BCUT2D eigenvalue weighted by Crippen LogP contribution is 2.46. The Morgan fingerprint density at radius 3 is 2.76 bits per heavy atom. The summed E-state index contributed by atoms with van der Waals surface area (Å²) in [5, 5.41) is 12.9. The molecule has 2 aromatic carbocycles. The second-order valence-electron chi connectivity index (χ2n) is 9.44. The van der Waals surface area contributed by atoms with E-state index in [1.165, 1.54) is 18.4 Å². The van der Waals surface area contributed by atoms with Crippen LogP contribution in [0, 0.1) is 18.3 Å². The summed E-state index contributed by atoms with van der Waals surface area (Å²) in [6.07, 6.45) is 7.16. The number of rotatable bonds is 7. The number of urea groups is 1. The SMILES string of the molecule is COC(=O)c1sc2nccc3c2c1NC(=O)N3c1ccc(Oc2cccc(COC3=CCCC=C3C#N)c2)cc1C. The van der Waals surface area contributed by atoms with Gasteiger partial charge in [-0.3, -0.25) is 4.90 Å². The normalized spacial score (nSPS) is 14.1. The molecular weight excluding hydrogens is 540 g/mol. The predicted octanol–water partition coefficient (Wildman–Crippen LogP) is 7.51. The summed E-state index contributed by atoms with van der Waals surface area (Å²) in [7, 11) is 1.31. The Hall–Kier alpha value is -5.14. The standard InChI is InChI=1S/C31H24N4O5S/c1-18-14-22(40-21-8-5-6-19(15-21)17-39-25-9-4-3-7-20(25)16-32)10-11-23(18)35-24-12-13-33-29-26(24)27(34-31(35)37)28(41-29)30(36)38-2/h5-15H,3-4,17H2,1-2H3,(H,34,37). The number of nitrogens with zero attached hydrogens (tertiary/aromatic N) is 3. The van der Waals surface area contributed by atoms with Crippen LogP contribution in [-0.2, 0) is 16.1 Å². The number of esters is 1. The van der Waals surface area contributed by atoms with Gasteiger partial charge in [-0.15, -0.1) is 11.3 Å². The van der Waals surface area contributed by atoms with E-state index in [4.69, 9.17) is 14.2 Å². The van der Waals surface area contributed by atoms with Crippen molar-refractivity contribution in [2.75, 3.05) is 17.3 Å². The number of aromatic nitrogens is 1. The minimum Gasteiger partial charge on any atom is -0.488 e. The molecule has 2 aromatic heterocycles. The minimum atomic E-state index is -0.522. The Labute approximate surface area is 239 Å². The van der Waals surface area contributed by atoms with E-state index in [1.807, 2.05) is 55.5 Å². The number of methoxy groups -OCH3 is 1. The van der Waals surface area contributed by atoms with E-state index in [9.17, 15) is 14.9 Å². The third-order valence-electron chi connectivity index (χ3n) is 6.79. The van der Waals surface area contributed by atoms with E-state index in [0.717, 1.165) is 24.0 Å². The lowest BCUT2D eigenvalue weighted by atomic mass is 10.1. The molecule has 0 spiro atoms. The minimum absolute atomic E-state index is 0.306. The molecule has 1 aliphatic carbocycles. The number of hydrogen-bond donors (Lipinski definition) is 1. The molecule has 10 heteroatoms. The molecule has 3 heterocycles. The number of carbonyl (C=O) groups is 2. The summed E-state index contributed by atoms with van der Waals surface area (Å²) >= 11 is 1.18. The van der Waals surface area contributed by atoms with Crippen LogP contribution in [0.25, 0.3) is 10.2 Å². The third kappa shape index (κ3) is 4.88. The fraction of sp³-hybridized carbons (Fsp3) is 0.161. The van der Waals surface area contributed by atoms with Crippen molar-refractivity contribution in [3.63, 3.8) is 0 Å². The van der Waals surface area contributed by atoms with Crippen molar-refractivity contribution in [2.45, 2.75) is 26.4 Å². The van der Waals surface area contributed by atoms with Crippen LogP contribution in [0.3, 0.4) is 0 Å². The van der Waals surface area contributed by atoms with Crippen LogP contribution in [0.15, 0.2) is 78.2 Å². The molecule has 6 rings (SSSR count). The van der Waals surface area contributed by atoms with Crippen LogP contribution in [0.5, 0.6) is 11.5 Å². The quantitative estimate of drug-likeness (QED) is 0.231. The van der Waals surface area contributed by atoms with Crippen molar-refractivity contribution in [1.82, 2.24) is 4.98 Å². The molecule has 0 bridgehead atoms. The van der Waals surface area contributed by atoms with Gasteiger partial charge in [-0.1, -0.05) is 18.2 Å². The number of anilines is 3. The molecule has 204 valence electrons. The van der Waals surface area contributed by atoms with Crippen LogP contribution >= 0.6 is 11.3 Å². The first-order chi connectivity index (χ1) is 20.0. The molecular formula is C31H24N4O5S. The fourth-order valence-electron chi connectivity index (χ4n) is 4.89. The van der Waals surface area contributed by atoms with Gasteiger partial charge in [0, 0.05) is 6.20 Å². The first kappa shape index (κ1) is 26.1. The van der Waals surface area contributed by atoms with E-state index >= 15 is 0 Å². The number of allylic oxidation sites excluding steroid dienone is 3. The number of aryl methyl sites for hydroxylation is 1. The molecule has 2 aliphatic rings. The van der Waals surface area contributed by atoms with Gasteiger partial charge in [-0.05, 0) is 73.4 Å². The average molecular weight is 565 g/mol. The second kappa shape index (κ2) is 10.8. The van der Waals surface area contributed by atoms with E-state index in [1.54, 1.807) is 23.2 Å². The first-order valence-corrected chi connectivity index (χ1v) is 13.7. The van der Waals surface area contributed by atoms with Crippen molar-refractivity contribution in [3.8, 4) is 17.6 Å². The molecule has 41 heavy (non-hydrogen) atoms. The van der Waals surface area contributed by atoms with Gasteiger partial charge in [-0.2, -0.15) is 5.26 Å². The molecule has 0 saturated heterocycles. The monoisotopic (exact) mass is 564 g/mol. The molecule has 0 saturated carbocycles. The zero-order chi connectivity index (χ0) is 28.5. The number of benzene rings is 2. The average Bonchev–Trinajstić information content (AvgIpc) is 3.36. The van der Waals surface area contributed by atoms with Crippen molar-refractivity contribution in [2.24, 2.45) is 0 Å². The lowest BCUT2D eigenvalue weighted by molar-refractivity contribution is 0.0607. The zero-order valence-electron chi connectivity index (χ0n) is 22.3. The molecule has 9 nitrogen and oxygen atoms in total. The maximum Gasteiger partial charge on any atom is 0.350 e. The number of hydrogen-bond acceptors (Lipinski definition) is 8.